The average Bonchev–Trinajstić information content (AvgIpc) is 2.81. The standard InChI is InChI=1S/C12H13N3OS/c1-15(8-9-3-2-6-17-9)12(16)10-7-14-5-4-11(10)13/h2-7H,8H2,1H3,(H2,13,14). The van der Waals surface area contributed by atoms with Crippen LogP contribution in [0.1, 0.15) is 15.2 Å². The van der Waals surface area contributed by atoms with Crippen LogP contribution in [0.2, 0.25) is 0 Å². The highest BCUT2D eigenvalue weighted by atomic mass is 32.1. The fourth-order valence-corrected chi connectivity index (χ4v) is 2.25. The van der Waals surface area contributed by atoms with Crippen molar-refractivity contribution in [3.8, 4) is 0 Å². The number of hydrogen-bond acceptors (Lipinski definition) is 4. The third-order valence-corrected chi connectivity index (χ3v) is 3.27. The Bertz CT molecular complexity index is 510. The Morgan fingerprint density at radius 1 is 1.53 bits per heavy atom. The molecule has 17 heavy (non-hydrogen) atoms. The maximum Gasteiger partial charge on any atom is 0.257 e. The molecule has 0 aliphatic carbocycles. The lowest BCUT2D eigenvalue weighted by Crippen LogP contribution is -2.26. The van der Waals surface area contributed by atoms with Crippen molar-refractivity contribution in [3.05, 3.63) is 46.4 Å². The number of carbonyl (C=O) groups is 1. The van der Waals surface area contributed by atoms with Gasteiger partial charge < -0.3 is 10.6 Å². The molecule has 2 aromatic rings. The van der Waals surface area contributed by atoms with Gasteiger partial charge in [0.2, 0.25) is 0 Å². The number of nitrogens with zero attached hydrogens (tertiary/aromatic N) is 2. The van der Waals surface area contributed by atoms with E-state index in [-0.39, 0.29) is 5.91 Å². The zero-order valence-corrected chi connectivity index (χ0v) is 10.3. The van der Waals surface area contributed by atoms with Gasteiger partial charge in [0, 0.05) is 30.0 Å². The molecule has 2 heterocycles. The van der Waals surface area contributed by atoms with Crippen molar-refractivity contribution in [2.24, 2.45) is 0 Å². The van der Waals surface area contributed by atoms with Gasteiger partial charge >= 0.3 is 0 Å². The maximum absolute atomic E-state index is 12.1. The van der Waals surface area contributed by atoms with Crippen LogP contribution in [0, 0.1) is 0 Å². The van der Waals surface area contributed by atoms with E-state index in [1.165, 1.54) is 6.20 Å². The molecule has 0 unspecified atom stereocenters. The third-order valence-electron chi connectivity index (χ3n) is 2.41. The number of nitrogen functional groups attached to an aromatic ring is 1. The van der Waals surface area contributed by atoms with Gasteiger partial charge in [-0.2, -0.15) is 0 Å². The molecule has 0 radical (unpaired) electrons. The lowest BCUT2D eigenvalue weighted by atomic mass is 10.2. The third kappa shape index (κ3) is 2.62. The Morgan fingerprint density at radius 3 is 3.00 bits per heavy atom. The molecule has 88 valence electrons. The van der Waals surface area contributed by atoms with Crippen LogP contribution in [-0.2, 0) is 6.54 Å². The summed E-state index contributed by atoms with van der Waals surface area (Å²) in [5.74, 6) is -0.107. The van der Waals surface area contributed by atoms with E-state index in [0.29, 0.717) is 17.8 Å². The van der Waals surface area contributed by atoms with Crippen molar-refractivity contribution in [2.45, 2.75) is 6.54 Å². The van der Waals surface area contributed by atoms with Gasteiger partial charge in [-0.15, -0.1) is 11.3 Å². The molecule has 2 N–H and O–H groups in total. The van der Waals surface area contributed by atoms with Gasteiger partial charge in [-0.25, -0.2) is 0 Å². The zero-order valence-electron chi connectivity index (χ0n) is 9.46. The molecule has 0 saturated carbocycles. The van der Waals surface area contributed by atoms with Crippen LogP contribution in [-0.4, -0.2) is 22.8 Å². The fraction of sp³-hybridized carbons (Fsp3) is 0.167. The Kier molecular flexibility index (Phi) is 3.39. The van der Waals surface area contributed by atoms with E-state index in [0.717, 1.165) is 4.88 Å². The molecular formula is C12H13N3OS. The summed E-state index contributed by atoms with van der Waals surface area (Å²) in [5, 5.41) is 1.99. The highest BCUT2D eigenvalue weighted by molar-refractivity contribution is 7.09. The van der Waals surface area contributed by atoms with Gasteiger partial charge in [0.25, 0.3) is 5.91 Å². The van der Waals surface area contributed by atoms with Gasteiger partial charge in [-0.1, -0.05) is 6.07 Å². The zero-order chi connectivity index (χ0) is 12.3. The number of nitrogens with two attached hydrogens (primary N) is 1. The first-order chi connectivity index (χ1) is 8.18. The van der Waals surface area contributed by atoms with Gasteiger partial charge in [0.15, 0.2) is 0 Å². The first-order valence-corrected chi connectivity index (χ1v) is 6.04. The van der Waals surface area contributed by atoms with Crippen LogP contribution in [0.4, 0.5) is 5.69 Å². The second-order valence-electron chi connectivity index (χ2n) is 3.70. The summed E-state index contributed by atoms with van der Waals surface area (Å²) in [5.41, 5.74) is 6.66. The van der Waals surface area contributed by atoms with E-state index in [4.69, 9.17) is 5.73 Å². The van der Waals surface area contributed by atoms with Crippen LogP contribution in [0.25, 0.3) is 0 Å². The molecule has 5 heteroatoms. The molecule has 0 aromatic carbocycles. The Hall–Kier alpha value is -1.88. The molecule has 2 rings (SSSR count). The summed E-state index contributed by atoms with van der Waals surface area (Å²) in [4.78, 5) is 18.8. The van der Waals surface area contributed by atoms with Crippen LogP contribution in [0.5, 0.6) is 0 Å². The van der Waals surface area contributed by atoms with E-state index in [9.17, 15) is 4.79 Å². The predicted molar refractivity (Wildman–Crippen MR) is 68.8 cm³/mol. The summed E-state index contributed by atoms with van der Waals surface area (Å²) in [7, 11) is 1.76. The van der Waals surface area contributed by atoms with Crippen LogP contribution < -0.4 is 5.73 Å². The molecule has 0 aliphatic heterocycles. The molecule has 0 fully saturated rings. The lowest BCUT2D eigenvalue weighted by molar-refractivity contribution is 0.0787. The number of pyridine rings is 1. The van der Waals surface area contributed by atoms with Crippen LogP contribution >= 0.6 is 11.3 Å². The molecule has 2 aromatic heterocycles. The van der Waals surface area contributed by atoms with E-state index >= 15 is 0 Å². The smallest absolute Gasteiger partial charge is 0.257 e. The number of carbonyl (C=O) groups excluding carboxylic acids is 1. The van der Waals surface area contributed by atoms with Gasteiger partial charge in [0.1, 0.15) is 0 Å². The van der Waals surface area contributed by atoms with E-state index < -0.39 is 0 Å². The quantitative estimate of drug-likeness (QED) is 0.902. The summed E-state index contributed by atoms with van der Waals surface area (Å²) < 4.78 is 0. The minimum absolute atomic E-state index is 0.107. The second-order valence-corrected chi connectivity index (χ2v) is 4.74. The number of hydrogen-bond donors (Lipinski definition) is 1. The Balaban J connectivity index is 2.13. The molecule has 0 atom stereocenters. The lowest BCUT2D eigenvalue weighted by Gasteiger charge is -2.16. The van der Waals surface area contributed by atoms with Crippen LogP contribution in [0.15, 0.2) is 36.0 Å². The predicted octanol–water partition coefficient (Wildman–Crippen LogP) is 2.00. The Morgan fingerprint density at radius 2 is 2.35 bits per heavy atom. The first kappa shape index (κ1) is 11.6. The Labute approximate surface area is 104 Å². The number of anilines is 1. The molecule has 0 spiro atoms. The fourth-order valence-electron chi connectivity index (χ4n) is 1.50. The number of aromatic nitrogens is 1. The number of amides is 1. The SMILES string of the molecule is CN(Cc1cccs1)C(=O)c1cnccc1N. The summed E-state index contributed by atoms with van der Waals surface area (Å²) >= 11 is 1.63. The molecule has 0 bridgehead atoms. The molecule has 4 nitrogen and oxygen atoms in total. The normalized spacial score (nSPS) is 10.2. The van der Waals surface area contributed by atoms with Gasteiger partial charge in [-0.05, 0) is 17.5 Å². The van der Waals surface area contributed by atoms with E-state index in [1.807, 2.05) is 17.5 Å². The minimum atomic E-state index is -0.107. The summed E-state index contributed by atoms with van der Waals surface area (Å²) in [6.07, 6.45) is 3.08. The van der Waals surface area contributed by atoms with Gasteiger partial charge in [0.05, 0.1) is 12.1 Å². The summed E-state index contributed by atoms with van der Waals surface area (Å²) in [6.45, 7) is 0.588. The van der Waals surface area contributed by atoms with Crippen molar-refractivity contribution in [3.63, 3.8) is 0 Å². The minimum Gasteiger partial charge on any atom is -0.398 e. The van der Waals surface area contributed by atoms with Crippen LogP contribution in [0.3, 0.4) is 0 Å². The van der Waals surface area contributed by atoms with E-state index in [1.54, 1.807) is 35.5 Å². The topological polar surface area (TPSA) is 59.2 Å². The molecule has 1 amide bonds. The monoisotopic (exact) mass is 247 g/mol. The van der Waals surface area contributed by atoms with Crippen molar-refractivity contribution in [1.82, 2.24) is 9.88 Å². The highest BCUT2D eigenvalue weighted by Crippen LogP contribution is 2.15. The van der Waals surface area contributed by atoms with E-state index in [2.05, 4.69) is 4.98 Å². The van der Waals surface area contributed by atoms with Gasteiger partial charge in [-0.3, -0.25) is 9.78 Å². The molecule has 0 saturated heterocycles. The highest BCUT2D eigenvalue weighted by Gasteiger charge is 2.15. The maximum atomic E-state index is 12.1. The number of thiophene rings is 1. The average molecular weight is 247 g/mol. The largest absolute Gasteiger partial charge is 0.398 e. The number of rotatable bonds is 3. The summed E-state index contributed by atoms with van der Waals surface area (Å²) in [6, 6.07) is 5.60. The second kappa shape index (κ2) is 4.97. The first-order valence-electron chi connectivity index (χ1n) is 5.16. The molecule has 0 aliphatic rings. The van der Waals surface area contributed by atoms with Crippen molar-refractivity contribution in [1.29, 1.82) is 0 Å². The van der Waals surface area contributed by atoms with Crippen molar-refractivity contribution in [2.75, 3.05) is 12.8 Å². The van der Waals surface area contributed by atoms with Crippen molar-refractivity contribution >= 4 is 22.9 Å². The molecular weight excluding hydrogens is 234 g/mol. The van der Waals surface area contributed by atoms with Crippen molar-refractivity contribution < 1.29 is 4.79 Å².